The third-order valence-corrected chi connectivity index (χ3v) is 5.27. The number of carbonyl (C=O) groups excluding carboxylic acids is 4. The molecule has 1 aliphatic rings. The molecule has 2 atom stereocenters. The Labute approximate surface area is 201 Å². The molecule has 1 fully saturated rings. The molecule has 0 bridgehead atoms. The summed E-state index contributed by atoms with van der Waals surface area (Å²) in [4.78, 5) is 52.9. The Hall–Kier alpha value is -3.10. The molecule has 0 saturated heterocycles. The molecule has 1 saturated carbocycles. The minimum absolute atomic E-state index is 0.141. The van der Waals surface area contributed by atoms with E-state index in [0.29, 0.717) is 5.56 Å². The number of aryl methyl sites for hydroxylation is 2. The average molecular weight is 475 g/mol. The van der Waals surface area contributed by atoms with E-state index in [9.17, 15) is 19.2 Å². The molecule has 1 aromatic carbocycles. The van der Waals surface area contributed by atoms with E-state index < -0.39 is 42.0 Å². The number of hydrogen-bond acceptors (Lipinski definition) is 5. The van der Waals surface area contributed by atoms with Crippen LogP contribution in [-0.2, 0) is 19.1 Å². The third-order valence-electron chi connectivity index (χ3n) is 5.27. The molecule has 9 heteroatoms. The van der Waals surface area contributed by atoms with E-state index in [1.165, 1.54) is 4.90 Å². The van der Waals surface area contributed by atoms with E-state index in [2.05, 4.69) is 10.6 Å². The lowest BCUT2D eigenvalue weighted by Crippen LogP contribution is -2.55. The fourth-order valence-electron chi connectivity index (χ4n) is 3.82. The number of hydrogen-bond donors (Lipinski definition) is 3. The number of nitrogens with one attached hydrogen (secondary N) is 2. The summed E-state index contributed by atoms with van der Waals surface area (Å²) in [6, 6.07) is 3.20. The van der Waals surface area contributed by atoms with E-state index in [1.54, 1.807) is 20.8 Å². The van der Waals surface area contributed by atoms with Crippen molar-refractivity contribution in [3.8, 4) is 0 Å². The van der Waals surface area contributed by atoms with Gasteiger partial charge in [-0.25, -0.2) is 4.79 Å². The van der Waals surface area contributed by atoms with Crippen molar-refractivity contribution in [3.63, 3.8) is 0 Å². The van der Waals surface area contributed by atoms with Gasteiger partial charge in [0.15, 0.2) is 0 Å². The van der Waals surface area contributed by atoms with Crippen LogP contribution in [0.4, 0.5) is 4.79 Å². The van der Waals surface area contributed by atoms with Crippen LogP contribution < -0.4 is 16.4 Å². The van der Waals surface area contributed by atoms with Crippen molar-refractivity contribution in [1.82, 2.24) is 15.5 Å². The molecule has 0 spiro atoms. The summed E-state index contributed by atoms with van der Waals surface area (Å²) >= 11 is 0. The van der Waals surface area contributed by atoms with Crippen LogP contribution in [0.15, 0.2) is 18.2 Å². The molecule has 4 amide bonds. The lowest BCUT2D eigenvalue weighted by Gasteiger charge is -2.35. The molecular weight excluding hydrogens is 436 g/mol. The van der Waals surface area contributed by atoms with Gasteiger partial charge in [0.1, 0.15) is 17.7 Å². The normalized spacial score (nSPS) is 15.3. The van der Waals surface area contributed by atoms with E-state index in [1.807, 2.05) is 45.9 Å². The lowest BCUT2D eigenvalue weighted by atomic mass is 9.96. The Morgan fingerprint density at radius 2 is 1.74 bits per heavy atom. The number of nitrogens with two attached hydrogens (primary N) is 1. The fraction of sp³-hybridized carbons (Fsp3) is 0.600. The maximum atomic E-state index is 13.8. The first kappa shape index (κ1) is 27.1. The van der Waals surface area contributed by atoms with Gasteiger partial charge in [0.25, 0.3) is 0 Å². The molecule has 0 radical (unpaired) electrons. The number of rotatable bonds is 9. The van der Waals surface area contributed by atoms with Crippen molar-refractivity contribution in [3.05, 3.63) is 34.9 Å². The minimum atomic E-state index is -1.26. The number of amides is 4. The number of primary amides is 1. The smallest absolute Gasteiger partial charge is 0.408 e. The monoisotopic (exact) mass is 474 g/mol. The van der Waals surface area contributed by atoms with Gasteiger partial charge in [-0.3, -0.25) is 14.4 Å². The number of carbonyl (C=O) groups is 4. The van der Waals surface area contributed by atoms with Crippen LogP contribution in [0.5, 0.6) is 0 Å². The summed E-state index contributed by atoms with van der Waals surface area (Å²) in [5, 5.41) is 5.41. The molecule has 0 aliphatic heterocycles. The first-order chi connectivity index (χ1) is 15.7. The van der Waals surface area contributed by atoms with E-state index in [0.717, 1.165) is 24.0 Å². The molecule has 34 heavy (non-hydrogen) atoms. The Morgan fingerprint density at radius 1 is 1.12 bits per heavy atom. The Kier molecular flexibility index (Phi) is 8.69. The minimum Gasteiger partial charge on any atom is -0.444 e. The molecule has 1 aliphatic carbocycles. The highest BCUT2D eigenvalue weighted by atomic mass is 16.6. The summed E-state index contributed by atoms with van der Waals surface area (Å²) < 4.78 is 5.28. The summed E-state index contributed by atoms with van der Waals surface area (Å²) in [6.45, 7) is 12.6. The Morgan fingerprint density at radius 3 is 2.21 bits per heavy atom. The molecule has 2 unspecified atom stereocenters. The number of nitrogens with zero attached hydrogens (tertiary/aromatic N) is 1. The fourth-order valence-corrected chi connectivity index (χ4v) is 3.82. The second-order valence-electron chi connectivity index (χ2n) is 10.3. The maximum Gasteiger partial charge on any atom is 0.408 e. The van der Waals surface area contributed by atoms with Gasteiger partial charge in [-0.2, -0.15) is 0 Å². The largest absolute Gasteiger partial charge is 0.444 e. The van der Waals surface area contributed by atoms with Crippen molar-refractivity contribution in [2.24, 2.45) is 5.73 Å². The van der Waals surface area contributed by atoms with Crippen LogP contribution in [0.2, 0.25) is 0 Å². The summed E-state index contributed by atoms with van der Waals surface area (Å²) in [7, 11) is 0. The first-order valence-corrected chi connectivity index (χ1v) is 11.7. The number of alkyl carbamates (subject to hydrolysis) is 1. The van der Waals surface area contributed by atoms with Crippen molar-refractivity contribution in [2.45, 2.75) is 97.5 Å². The highest BCUT2D eigenvalue weighted by molar-refractivity contribution is 5.95. The predicted molar refractivity (Wildman–Crippen MR) is 129 cm³/mol. The van der Waals surface area contributed by atoms with Crippen molar-refractivity contribution < 1.29 is 23.9 Å². The topological polar surface area (TPSA) is 131 Å². The summed E-state index contributed by atoms with van der Waals surface area (Å²) in [5.41, 5.74) is 7.20. The van der Waals surface area contributed by atoms with Crippen LogP contribution in [0.1, 0.15) is 76.6 Å². The summed E-state index contributed by atoms with van der Waals surface area (Å²) in [6.07, 6.45) is 0.195. The van der Waals surface area contributed by atoms with Gasteiger partial charge < -0.3 is 26.0 Å². The molecule has 188 valence electrons. The zero-order valence-electron chi connectivity index (χ0n) is 21.2. The van der Waals surface area contributed by atoms with Crippen molar-refractivity contribution in [2.75, 3.05) is 0 Å². The van der Waals surface area contributed by atoms with Crippen LogP contribution >= 0.6 is 0 Å². The first-order valence-electron chi connectivity index (χ1n) is 11.7. The van der Waals surface area contributed by atoms with Gasteiger partial charge in [0.2, 0.25) is 17.7 Å². The van der Waals surface area contributed by atoms with E-state index >= 15 is 0 Å². The van der Waals surface area contributed by atoms with E-state index in [-0.39, 0.29) is 18.0 Å². The second kappa shape index (κ2) is 10.9. The lowest BCUT2D eigenvalue weighted by molar-refractivity contribution is -0.144. The Bertz CT molecular complexity index is 934. The number of benzene rings is 1. The second-order valence-corrected chi connectivity index (χ2v) is 10.3. The SMILES string of the molecule is Cc1ccc(C(C(=O)NC(C)C)N(C(=O)C(CC(N)=O)NC(=O)OC(C)(C)C)C2CC2)c(C)c1. The van der Waals surface area contributed by atoms with Crippen LogP contribution in [-0.4, -0.2) is 52.4 Å². The molecule has 0 aromatic heterocycles. The van der Waals surface area contributed by atoms with Crippen LogP contribution in [0.25, 0.3) is 0 Å². The molecule has 1 aromatic rings. The highest BCUT2D eigenvalue weighted by Crippen LogP contribution is 2.37. The average Bonchev–Trinajstić information content (AvgIpc) is 3.48. The van der Waals surface area contributed by atoms with Crippen molar-refractivity contribution in [1.29, 1.82) is 0 Å². The zero-order valence-corrected chi connectivity index (χ0v) is 21.2. The van der Waals surface area contributed by atoms with Gasteiger partial charge in [0, 0.05) is 12.1 Å². The van der Waals surface area contributed by atoms with Gasteiger partial charge in [-0.05, 0) is 72.4 Å². The summed E-state index contributed by atoms with van der Waals surface area (Å²) in [5.74, 6) is -1.62. The molecular formula is C25H38N4O5. The zero-order chi connectivity index (χ0) is 25.8. The van der Waals surface area contributed by atoms with Gasteiger partial charge in [-0.1, -0.05) is 23.8 Å². The molecule has 0 heterocycles. The van der Waals surface area contributed by atoms with E-state index in [4.69, 9.17) is 10.5 Å². The molecule has 9 nitrogen and oxygen atoms in total. The molecule has 4 N–H and O–H groups in total. The maximum absolute atomic E-state index is 13.8. The van der Waals surface area contributed by atoms with Gasteiger partial charge in [-0.15, -0.1) is 0 Å². The van der Waals surface area contributed by atoms with Gasteiger partial charge in [0.05, 0.1) is 6.42 Å². The van der Waals surface area contributed by atoms with Crippen LogP contribution in [0.3, 0.4) is 0 Å². The van der Waals surface area contributed by atoms with Crippen molar-refractivity contribution >= 4 is 23.8 Å². The van der Waals surface area contributed by atoms with Crippen LogP contribution in [0, 0.1) is 13.8 Å². The highest BCUT2D eigenvalue weighted by Gasteiger charge is 2.44. The number of ether oxygens (including phenoxy) is 1. The quantitative estimate of drug-likeness (QED) is 0.506. The standard InChI is InChI=1S/C25H38N4O5/c1-14(2)27-22(31)21(18-11-8-15(3)12-16(18)4)29(17-9-10-17)23(32)19(13-20(26)30)28-24(33)34-25(5,6)7/h8,11-12,14,17,19,21H,9-10,13H2,1-7H3,(H2,26,30)(H,27,31)(H,28,33). The molecule has 2 rings (SSSR count). The third kappa shape index (κ3) is 7.74. The van der Waals surface area contributed by atoms with Gasteiger partial charge >= 0.3 is 6.09 Å². The predicted octanol–water partition coefficient (Wildman–Crippen LogP) is 2.63. The Balaban J connectivity index is 2.49.